The number of anilines is 1. The van der Waals surface area contributed by atoms with Gasteiger partial charge in [-0.3, -0.25) is 0 Å². The summed E-state index contributed by atoms with van der Waals surface area (Å²) in [5.74, 6) is -0.217. The van der Waals surface area contributed by atoms with Crippen molar-refractivity contribution in [2.75, 3.05) is 12.3 Å². The Morgan fingerprint density at radius 1 is 1.39 bits per heavy atom. The van der Waals surface area contributed by atoms with E-state index in [2.05, 4.69) is 4.72 Å². The fourth-order valence-electron chi connectivity index (χ4n) is 1.51. The summed E-state index contributed by atoms with van der Waals surface area (Å²) in [5.41, 5.74) is 5.65. The summed E-state index contributed by atoms with van der Waals surface area (Å²) in [6.45, 7) is 5.75. The van der Waals surface area contributed by atoms with Crippen LogP contribution in [-0.4, -0.2) is 15.0 Å². The Hall–Kier alpha value is -1.14. The summed E-state index contributed by atoms with van der Waals surface area (Å²) in [4.78, 5) is -0.0937. The lowest BCUT2D eigenvalue weighted by atomic mass is 10.1. The molecule has 0 spiro atoms. The molecule has 6 heteroatoms. The van der Waals surface area contributed by atoms with Gasteiger partial charge in [0.1, 0.15) is 5.82 Å². The highest BCUT2D eigenvalue weighted by Gasteiger charge is 2.19. The summed E-state index contributed by atoms with van der Waals surface area (Å²) in [7, 11) is -3.70. The lowest BCUT2D eigenvalue weighted by molar-refractivity contribution is 0.549. The van der Waals surface area contributed by atoms with Gasteiger partial charge in [-0.05, 0) is 31.4 Å². The Bertz CT molecular complexity index is 527. The Labute approximate surface area is 107 Å². The summed E-state index contributed by atoms with van der Waals surface area (Å²) < 4.78 is 39.9. The van der Waals surface area contributed by atoms with E-state index in [9.17, 15) is 12.8 Å². The van der Waals surface area contributed by atoms with Gasteiger partial charge in [0, 0.05) is 17.8 Å². The molecule has 0 atom stereocenters. The molecule has 0 radical (unpaired) electrons. The molecule has 0 aliphatic carbocycles. The maximum absolute atomic E-state index is 13.4. The van der Waals surface area contributed by atoms with E-state index >= 15 is 0 Å². The van der Waals surface area contributed by atoms with E-state index in [1.165, 1.54) is 13.0 Å². The zero-order valence-corrected chi connectivity index (χ0v) is 11.6. The van der Waals surface area contributed by atoms with Crippen molar-refractivity contribution < 1.29 is 12.8 Å². The van der Waals surface area contributed by atoms with Crippen LogP contribution in [0.25, 0.3) is 0 Å². The van der Waals surface area contributed by atoms with E-state index in [-0.39, 0.29) is 16.1 Å². The standard InChI is InChI=1S/C12H19FN2O2S/c1-8(2)4-5-15-18(16,17)12-7-10(14)6-11(13)9(12)3/h6-8,15H,4-5,14H2,1-3H3. The average molecular weight is 274 g/mol. The molecule has 3 N–H and O–H groups in total. The minimum Gasteiger partial charge on any atom is -0.399 e. The summed E-state index contributed by atoms with van der Waals surface area (Å²) in [6.07, 6.45) is 0.725. The van der Waals surface area contributed by atoms with E-state index in [1.807, 2.05) is 13.8 Å². The average Bonchev–Trinajstić information content (AvgIpc) is 2.22. The molecule has 0 amide bonds. The smallest absolute Gasteiger partial charge is 0.241 e. The molecule has 102 valence electrons. The van der Waals surface area contributed by atoms with Gasteiger partial charge in [-0.1, -0.05) is 13.8 Å². The quantitative estimate of drug-likeness (QED) is 0.807. The fraction of sp³-hybridized carbons (Fsp3) is 0.500. The van der Waals surface area contributed by atoms with Crippen LogP contribution in [0, 0.1) is 18.7 Å². The number of nitrogen functional groups attached to an aromatic ring is 1. The number of nitrogens with two attached hydrogens (primary N) is 1. The highest BCUT2D eigenvalue weighted by molar-refractivity contribution is 7.89. The third-order valence-corrected chi connectivity index (χ3v) is 4.21. The van der Waals surface area contributed by atoms with Gasteiger partial charge in [0.2, 0.25) is 10.0 Å². The Morgan fingerprint density at radius 2 is 2.00 bits per heavy atom. The summed E-state index contributed by atoms with van der Waals surface area (Å²) in [5, 5.41) is 0. The maximum atomic E-state index is 13.4. The Balaban J connectivity index is 2.98. The topological polar surface area (TPSA) is 72.2 Å². The van der Waals surface area contributed by atoms with Crippen molar-refractivity contribution in [1.29, 1.82) is 0 Å². The summed E-state index contributed by atoms with van der Waals surface area (Å²) in [6, 6.07) is 2.39. The van der Waals surface area contributed by atoms with Gasteiger partial charge in [-0.2, -0.15) is 0 Å². The molecule has 1 aromatic rings. The van der Waals surface area contributed by atoms with Crippen LogP contribution in [-0.2, 0) is 10.0 Å². The van der Waals surface area contributed by atoms with Gasteiger partial charge in [0.25, 0.3) is 0 Å². The number of benzene rings is 1. The first kappa shape index (κ1) is 14.9. The number of hydrogen-bond donors (Lipinski definition) is 2. The largest absolute Gasteiger partial charge is 0.399 e. The molecule has 0 saturated carbocycles. The molecule has 0 aliphatic rings. The molecule has 0 aliphatic heterocycles. The van der Waals surface area contributed by atoms with Crippen LogP contribution in [0.15, 0.2) is 17.0 Å². The number of sulfonamides is 1. The van der Waals surface area contributed by atoms with E-state index in [0.717, 1.165) is 12.5 Å². The van der Waals surface area contributed by atoms with Gasteiger partial charge in [-0.15, -0.1) is 0 Å². The van der Waals surface area contributed by atoms with Gasteiger partial charge >= 0.3 is 0 Å². The van der Waals surface area contributed by atoms with Crippen molar-refractivity contribution in [2.24, 2.45) is 5.92 Å². The van der Waals surface area contributed by atoms with E-state index in [4.69, 9.17) is 5.73 Å². The minimum atomic E-state index is -3.70. The van der Waals surface area contributed by atoms with Gasteiger partial charge in [-0.25, -0.2) is 17.5 Å². The minimum absolute atomic E-state index is 0.0845. The second-order valence-electron chi connectivity index (χ2n) is 4.71. The lowest BCUT2D eigenvalue weighted by Gasteiger charge is -2.11. The molecule has 0 heterocycles. The Morgan fingerprint density at radius 3 is 2.56 bits per heavy atom. The molecule has 18 heavy (non-hydrogen) atoms. The van der Waals surface area contributed by atoms with E-state index < -0.39 is 15.8 Å². The van der Waals surface area contributed by atoms with Crippen molar-refractivity contribution in [2.45, 2.75) is 32.1 Å². The molecule has 0 aromatic heterocycles. The monoisotopic (exact) mass is 274 g/mol. The second-order valence-corrected chi connectivity index (χ2v) is 6.44. The molecule has 0 unspecified atom stereocenters. The van der Waals surface area contributed by atoms with E-state index in [0.29, 0.717) is 12.5 Å². The highest BCUT2D eigenvalue weighted by Crippen LogP contribution is 2.21. The van der Waals surface area contributed by atoms with Crippen molar-refractivity contribution in [3.63, 3.8) is 0 Å². The number of halogens is 1. The molecular formula is C12H19FN2O2S. The van der Waals surface area contributed by atoms with Gasteiger partial charge in [0.05, 0.1) is 4.90 Å². The lowest BCUT2D eigenvalue weighted by Crippen LogP contribution is -2.26. The van der Waals surface area contributed by atoms with Crippen LogP contribution >= 0.6 is 0 Å². The van der Waals surface area contributed by atoms with E-state index in [1.54, 1.807) is 0 Å². The van der Waals surface area contributed by atoms with Gasteiger partial charge < -0.3 is 5.73 Å². The first-order valence-electron chi connectivity index (χ1n) is 5.79. The Kier molecular flexibility index (Phi) is 4.70. The van der Waals surface area contributed by atoms with Crippen LogP contribution in [0.5, 0.6) is 0 Å². The zero-order valence-electron chi connectivity index (χ0n) is 10.8. The van der Waals surface area contributed by atoms with Crippen LogP contribution in [0.4, 0.5) is 10.1 Å². The third kappa shape index (κ3) is 3.68. The molecule has 0 saturated heterocycles. The number of hydrogen-bond acceptors (Lipinski definition) is 3. The molecule has 0 fully saturated rings. The molecule has 4 nitrogen and oxygen atoms in total. The predicted octanol–water partition coefficient (Wildman–Crippen LogP) is 2.04. The first-order valence-corrected chi connectivity index (χ1v) is 7.27. The van der Waals surface area contributed by atoms with Crippen molar-refractivity contribution in [1.82, 2.24) is 4.72 Å². The highest BCUT2D eigenvalue weighted by atomic mass is 32.2. The molecule has 0 bridgehead atoms. The normalized spacial score (nSPS) is 12.1. The molecular weight excluding hydrogens is 255 g/mol. The third-order valence-electron chi connectivity index (χ3n) is 2.62. The number of nitrogens with one attached hydrogen (secondary N) is 1. The second kappa shape index (κ2) is 5.67. The number of rotatable bonds is 5. The van der Waals surface area contributed by atoms with Crippen LogP contribution < -0.4 is 10.5 Å². The molecule has 1 rings (SSSR count). The maximum Gasteiger partial charge on any atom is 0.241 e. The fourth-order valence-corrected chi connectivity index (χ4v) is 2.85. The van der Waals surface area contributed by atoms with Gasteiger partial charge in [0.15, 0.2) is 0 Å². The predicted molar refractivity (Wildman–Crippen MR) is 70.2 cm³/mol. The van der Waals surface area contributed by atoms with Crippen LogP contribution in [0.3, 0.4) is 0 Å². The van der Waals surface area contributed by atoms with Crippen molar-refractivity contribution >= 4 is 15.7 Å². The summed E-state index contributed by atoms with van der Waals surface area (Å²) >= 11 is 0. The zero-order chi connectivity index (χ0) is 13.9. The van der Waals surface area contributed by atoms with Crippen molar-refractivity contribution in [3.8, 4) is 0 Å². The first-order chi connectivity index (χ1) is 8.24. The van der Waals surface area contributed by atoms with Crippen LogP contribution in [0.1, 0.15) is 25.8 Å². The van der Waals surface area contributed by atoms with Crippen molar-refractivity contribution in [3.05, 3.63) is 23.5 Å². The SMILES string of the molecule is Cc1c(F)cc(N)cc1S(=O)(=O)NCCC(C)C. The molecule has 1 aromatic carbocycles. The van der Waals surface area contributed by atoms with Crippen LogP contribution in [0.2, 0.25) is 0 Å².